The van der Waals surface area contributed by atoms with Crippen LogP contribution in [0.4, 0.5) is 5.69 Å². The summed E-state index contributed by atoms with van der Waals surface area (Å²) in [6, 6.07) is 11.4. The second kappa shape index (κ2) is 8.18. The van der Waals surface area contributed by atoms with E-state index in [4.69, 9.17) is 4.74 Å². The lowest BCUT2D eigenvalue weighted by Crippen LogP contribution is -2.30. The number of Topliss-reactive ketones (excluding diaryl/α,β-unsaturated/α-hetero) is 1. The van der Waals surface area contributed by atoms with Crippen molar-refractivity contribution in [2.45, 2.75) is 33.8 Å². The fourth-order valence-electron chi connectivity index (χ4n) is 2.70. The van der Waals surface area contributed by atoms with Crippen LogP contribution in [0.3, 0.4) is 0 Å². The fraction of sp³-hybridized carbons (Fsp3) is 0.227. The summed E-state index contributed by atoms with van der Waals surface area (Å²) in [6.07, 6.45) is -1.02. The van der Waals surface area contributed by atoms with E-state index in [2.05, 4.69) is 15.3 Å². The first-order valence-electron chi connectivity index (χ1n) is 9.12. The molecule has 7 nitrogen and oxygen atoms in total. The Bertz CT molecular complexity index is 1120. The van der Waals surface area contributed by atoms with Crippen LogP contribution in [0.5, 0.6) is 0 Å². The van der Waals surface area contributed by atoms with Crippen LogP contribution in [0.15, 0.2) is 42.5 Å². The van der Waals surface area contributed by atoms with Crippen LogP contribution in [0.2, 0.25) is 0 Å². The summed E-state index contributed by atoms with van der Waals surface area (Å²) in [5.74, 6) is -1.23. The van der Waals surface area contributed by atoms with E-state index in [1.807, 2.05) is 13.8 Å². The Morgan fingerprint density at radius 3 is 2.31 bits per heavy atom. The fourth-order valence-corrected chi connectivity index (χ4v) is 2.70. The molecular formula is C22H21N3O4. The molecule has 1 heterocycles. The van der Waals surface area contributed by atoms with Crippen LogP contribution in [-0.2, 0) is 9.53 Å². The molecule has 2 aromatic carbocycles. The van der Waals surface area contributed by atoms with E-state index in [9.17, 15) is 14.4 Å². The molecule has 1 atom stereocenters. The normalized spacial score (nSPS) is 11.7. The number of nitrogens with one attached hydrogen (secondary N) is 1. The number of ether oxygens (including phenoxy) is 1. The molecule has 1 amide bonds. The lowest BCUT2D eigenvalue weighted by molar-refractivity contribution is -0.123. The highest BCUT2D eigenvalue weighted by Gasteiger charge is 2.20. The summed E-state index contributed by atoms with van der Waals surface area (Å²) in [5, 5.41) is 2.65. The van der Waals surface area contributed by atoms with Gasteiger partial charge in [0, 0.05) is 11.3 Å². The van der Waals surface area contributed by atoms with Crippen LogP contribution in [0, 0.1) is 13.8 Å². The zero-order chi connectivity index (χ0) is 21.1. The summed E-state index contributed by atoms with van der Waals surface area (Å²) in [5.41, 5.74) is 4.10. The van der Waals surface area contributed by atoms with Gasteiger partial charge in [-0.05, 0) is 58.0 Å². The number of aryl methyl sites for hydroxylation is 2. The van der Waals surface area contributed by atoms with Gasteiger partial charge in [0.25, 0.3) is 5.91 Å². The molecule has 3 rings (SSSR count). The van der Waals surface area contributed by atoms with Crippen molar-refractivity contribution < 1.29 is 19.1 Å². The molecule has 0 radical (unpaired) electrons. The van der Waals surface area contributed by atoms with Crippen molar-refractivity contribution in [1.82, 2.24) is 9.97 Å². The monoisotopic (exact) mass is 391 g/mol. The molecule has 0 aliphatic carbocycles. The van der Waals surface area contributed by atoms with Crippen molar-refractivity contribution in [2.24, 2.45) is 0 Å². The highest BCUT2D eigenvalue weighted by Crippen LogP contribution is 2.16. The van der Waals surface area contributed by atoms with Gasteiger partial charge in [0.2, 0.25) is 0 Å². The number of aromatic nitrogens is 2. The van der Waals surface area contributed by atoms with Crippen molar-refractivity contribution in [3.05, 3.63) is 65.0 Å². The molecule has 1 N–H and O–H groups in total. The molecule has 0 fully saturated rings. The summed E-state index contributed by atoms with van der Waals surface area (Å²) in [6.45, 7) is 6.65. The molecule has 1 aromatic heterocycles. The van der Waals surface area contributed by atoms with Gasteiger partial charge in [-0.3, -0.25) is 9.59 Å². The highest BCUT2D eigenvalue weighted by molar-refractivity contribution is 6.00. The molecule has 0 aliphatic rings. The Labute approximate surface area is 168 Å². The van der Waals surface area contributed by atoms with Crippen LogP contribution in [0.25, 0.3) is 11.0 Å². The van der Waals surface area contributed by atoms with Gasteiger partial charge in [-0.2, -0.15) is 0 Å². The number of nitrogens with zero attached hydrogens (tertiary/aromatic N) is 2. The summed E-state index contributed by atoms with van der Waals surface area (Å²) in [7, 11) is 0. The Kier molecular flexibility index (Phi) is 5.68. The molecule has 3 aromatic rings. The third-order valence-electron chi connectivity index (χ3n) is 4.50. The van der Waals surface area contributed by atoms with Crippen LogP contribution >= 0.6 is 0 Å². The van der Waals surface area contributed by atoms with Crippen molar-refractivity contribution in [3.8, 4) is 0 Å². The van der Waals surface area contributed by atoms with Gasteiger partial charge in [0.1, 0.15) is 0 Å². The molecule has 0 unspecified atom stereocenters. The number of carbonyl (C=O) groups is 3. The van der Waals surface area contributed by atoms with E-state index < -0.39 is 18.0 Å². The zero-order valence-electron chi connectivity index (χ0n) is 16.6. The lowest BCUT2D eigenvalue weighted by Gasteiger charge is -2.14. The van der Waals surface area contributed by atoms with E-state index in [0.29, 0.717) is 22.3 Å². The van der Waals surface area contributed by atoms with Gasteiger partial charge in [0.05, 0.1) is 28.0 Å². The SMILES string of the molecule is CC(=O)c1cccc(NC(=O)[C@H](C)OC(=O)c2ccc3nc(C)c(C)nc3c2)c1. The average Bonchev–Trinajstić information content (AvgIpc) is 2.68. The number of benzene rings is 2. The standard InChI is InChI=1S/C22H21N3O4/c1-12-13(2)24-20-11-17(8-9-19(20)23-12)22(28)29-15(4)21(27)25-18-7-5-6-16(10-18)14(3)26/h5-11,15H,1-4H3,(H,25,27)/t15-/m0/s1. The third-order valence-corrected chi connectivity index (χ3v) is 4.50. The number of ketones is 1. The molecule has 0 spiro atoms. The average molecular weight is 391 g/mol. The first-order valence-corrected chi connectivity index (χ1v) is 9.12. The first-order chi connectivity index (χ1) is 13.7. The molecular weight excluding hydrogens is 370 g/mol. The predicted octanol–water partition coefficient (Wildman–Crippen LogP) is 3.63. The van der Waals surface area contributed by atoms with Crippen molar-refractivity contribution >= 4 is 34.4 Å². The molecule has 0 saturated carbocycles. The van der Waals surface area contributed by atoms with Crippen molar-refractivity contribution in [3.63, 3.8) is 0 Å². The number of rotatable bonds is 5. The Balaban J connectivity index is 1.70. The topological polar surface area (TPSA) is 98.2 Å². The first kappa shape index (κ1) is 20.1. The number of esters is 1. The minimum atomic E-state index is -1.02. The zero-order valence-corrected chi connectivity index (χ0v) is 16.6. The van der Waals surface area contributed by atoms with E-state index in [0.717, 1.165) is 11.4 Å². The second-order valence-corrected chi connectivity index (χ2v) is 6.77. The number of hydrogen-bond acceptors (Lipinski definition) is 6. The highest BCUT2D eigenvalue weighted by atomic mass is 16.5. The van der Waals surface area contributed by atoms with Gasteiger partial charge in [0.15, 0.2) is 11.9 Å². The Morgan fingerprint density at radius 2 is 1.62 bits per heavy atom. The smallest absolute Gasteiger partial charge is 0.338 e. The molecule has 0 bridgehead atoms. The minimum Gasteiger partial charge on any atom is -0.449 e. The molecule has 0 aliphatic heterocycles. The quantitative estimate of drug-likeness (QED) is 0.527. The molecule has 29 heavy (non-hydrogen) atoms. The molecule has 7 heteroatoms. The maximum atomic E-state index is 12.5. The van der Waals surface area contributed by atoms with E-state index in [-0.39, 0.29) is 11.3 Å². The number of carbonyl (C=O) groups excluding carboxylic acids is 3. The third kappa shape index (κ3) is 4.63. The van der Waals surface area contributed by atoms with Crippen molar-refractivity contribution in [1.29, 1.82) is 0 Å². The van der Waals surface area contributed by atoms with Crippen molar-refractivity contribution in [2.75, 3.05) is 5.32 Å². The lowest BCUT2D eigenvalue weighted by atomic mass is 10.1. The van der Waals surface area contributed by atoms with Gasteiger partial charge < -0.3 is 10.1 Å². The summed E-state index contributed by atoms with van der Waals surface area (Å²) < 4.78 is 5.28. The molecule has 0 saturated heterocycles. The van der Waals surface area contributed by atoms with E-state index in [1.54, 1.807) is 42.5 Å². The maximum absolute atomic E-state index is 12.5. The van der Waals surface area contributed by atoms with E-state index in [1.165, 1.54) is 13.8 Å². The minimum absolute atomic E-state index is 0.106. The van der Waals surface area contributed by atoms with Crippen LogP contribution in [0.1, 0.15) is 46.0 Å². The van der Waals surface area contributed by atoms with Gasteiger partial charge in [-0.25, -0.2) is 14.8 Å². The maximum Gasteiger partial charge on any atom is 0.338 e. The van der Waals surface area contributed by atoms with Gasteiger partial charge in [-0.15, -0.1) is 0 Å². The van der Waals surface area contributed by atoms with Crippen LogP contribution < -0.4 is 5.32 Å². The van der Waals surface area contributed by atoms with Crippen LogP contribution in [-0.4, -0.2) is 33.7 Å². The molecule has 148 valence electrons. The predicted molar refractivity (Wildman–Crippen MR) is 109 cm³/mol. The Morgan fingerprint density at radius 1 is 0.931 bits per heavy atom. The summed E-state index contributed by atoms with van der Waals surface area (Å²) in [4.78, 5) is 45.1. The number of amides is 1. The summed E-state index contributed by atoms with van der Waals surface area (Å²) >= 11 is 0. The number of fused-ring (bicyclic) bond motifs is 1. The number of hydrogen-bond donors (Lipinski definition) is 1. The second-order valence-electron chi connectivity index (χ2n) is 6.77. The Hall–Kier alpha value is -3.61. The number of anilines is 1. The largest absolute Gasteiger partial charge is 0.449 e. The van der Waals surface area contributed by atoms with E-state index >= 15 is 0 Å². The van der Waals surface area contributed by atoms with Gasteiger partial charge >= 0.3 is 5.97 Å². The van der Waals surface area contributed by atoms with Gasteiger partial charge in [-0.1, -0.05) is 12.1 Å².